The Bertz CT molecular complexity index is 484. The molecule has 0 spiro atoms. The molecule has 0 aliphatic heterocycles. The predicted octanol–water partition coefficient (Wildman–Crippen LogP) is 3.34. The van der Waals surface area contributed by atoms with Crippen LogP contribution in [0.2, 0.25) is 0 Å². The lowest BCUT2D eigenvalue weighted by Gasteiger charge is -2.18. The largest absolute Gasteiger partial charge is 0.481 e. The maximum absolute atomic E-state index is 12.5. The van der Waals surface area contributed by atoms with Crippen LogP contribution in [-0.2, 0) is 17.6 Å². The smallest absolute Gasteiger partial charge is 0.305 e. The number of aliphatic carboxylic acids is 1. The highest BCUT2D eigenvalue weighted by molar-refractivity contribution is 7.14. The summed E-state index contributed by atoms with van der Waals surface area (Å²) in [6.07, 6.45) is 7.11. The first-order chi connectivity index (χ1) is 10.1. The van der Waals surface area contributed by atoms with Crippen molar-refractivity contribution in [2.45, 2.75) is 51.9 Å². The zero-order valence-electron chi connectivity index (χ0n) is 12.6. The summed E-state index contributed by atoms with van der Waals surface area (Å²) in [7, 11) is 0. The zero-order valence-corrected chi connectivity index (χ0v) is 13.4. The lowest BCUT2D eigenvalue weighted by atomic mass is 10.00. The molecule has 0 atom stereocenters. The Morgan fingerprint density at radius 1 is 1.24 bits per heavy atom. The molecule has 1 aliphatic carbocycles. The van der Waals surface area contributed by atoms with Gasteiger partial charge in [0.1, 0.15) is 0 Å². The number of hydrogen-bond acceptors (Lipinski definition) is 3. The third-order valence-electron chi connectivity index (χ3n) is 3.97. The highest BCUT2D eigenvalue weighted by Crippen LogP contribution is 2.29. The number of rotatable bonds is 5. The van der Waals surface area contributed by atoms with E-state index in [2.05, 4.69) is 0 Å². The van der Waals surface area contributed by atoms with Crippen LogP contribution in [0, 0.1) is 0 Å². The molecule has 2 rings (SSSR count). The number of carbonyl (C=O) groups excluding carboxylic acids is 1. The van der Waals surface area contributed by atoms with E-state index in [1.54, 1.807) is 16.2 Å². The molecule has 1 aliphatic rings. The summed E-state index contributed by atoms with van der Waals surface area (Å²) in [5, 5.41) is 8.77. The van der Waals surface area contributed by atoms with Gasteiger partial charge in [0.25, 0.3) is 5.91 Å². The Hall–Kier alpha value is -1.36. The van der Waals surface area contributed by atoms with Gasteiger partial charge in [-0.1, -0.05) is 12.8 Å². The minimum atomic E-state index is -0.861. The monoisotopic (exact) mass is 309 g/mol. The first-order valence-electron chi connectivity index (χ1n) is 7.74. The van der Waals surface area contributed by atoms with Gasteiger partial charge in [-0.05, 0) is 44.2 Å². The fourth-order valence-electron chi connectivity index (χ4n) is 2.74. The molecule has 4 nitrogen and oxygen atoms in total. The van der Waals surface area contributed by atoms with Crippen molar-refractivity contribution in [2.75, 3.05) is 13.1 Å². The van der Waals surface area contributed by atoms with Gasteiger partial charge in [0.05, 0.1) is 11.3 Å². The first-order valence-corrected chi connectivity index (χ1v) is 8.56. The number of amides is 1. The van der Waals surface area contributed by atoms with Gasteiger partial charge < -0.3 is 10.0 Å². The number of fused-ring (bicyclic) bond motifs is 1. The molecule has 1 aromatic heterocycles. The Morgan fingerprint density at radius 3 is 2.62 bits per heavy atom. The van der Waals surface area contributed by atoms with Gasteiger partial charge >= 0.3 is 5.97 Å². The molecular weight excluding hydrogens is 286 g/mol. The van der Waals surface area contributed by atoms with Crippen molar-refractivity contribution in [2.24, 2.45) is 0 Å². The molecule has 5 heteroatoms. The lowest BCUT2D eigenvalue weighted by Crippen LogP contribution is -2.32. The Labute approximate surface area is 129 Å². The molecule has 0 radical (unpaired) electrons. The fraction of sp³-hybridized carbons (Fsp3) is 0.625. The van der Waals surface area contributed by atoms with Crippen molar-refractivity contribution in [3.63, 3.8) is 0 Å². The Kier molecular flexibility index (Phi) is 5.79. The van der Waals surface area contributed by atoms with Crippen molar-refractivity contribution >= 4 is 23.2 Å². The zero-order chi connectivity index (χ0) is 15.2. The molecule has 1 heterocycles. The van der Waals surface area contributed by atoms with Crippen LogP contribution in [0.25, 0.3) is 0 Å². The molecule has 0 aromatic carbocycles. The highest BCUT2D eigenvalue weighted by atomic mass is 32.1. The van der Waals surface area contributed by atoms with Gasteiger partial charge in [-0.15, -0.1) is 11.3 Å². The SMILES string of the molecule is CCN(CCC(=O)O)C(=O)c1cc2c(s1)CCCCCC2. The maximum Gasteiger partial charge on any atom is 0.305 e. The summed E-state index contributed by atoms with van der Waals surface area (Å²) in [6, 6.07) is 2.04. The summed E-state index contributed by atoms with van der Waals surface area (Å²) < 4.78 is 0. The number of carboxylic acid groups (broad SMARTS) is 1. The normalized spacial score (nSPS) is 14.9. The van der Waals surface area contributed by atoms with Gasteiger partial charge in [0, 0.05) is 18.0 Å². The second-order valence-electron chi connectivity index (χ2n) is 5.50. The molecule has 21 heavy (non-hydrogen) atoms. The number of nitrogens with zero attached hydrogens (tertiary/aromatic N) is 1. The molecule has 116 valence electrons. The number of aryl methyl sites for hydroxylation is 2. The molecule has 0 bridgehead atoms. The van der Waals surface area contributed by atoms with E-state index in [9.17, 15) is 9.59 Å². The first kappa shape index (κ1) is 16.0. The standard InChI is InChI=1S/C16H23NO3S/c1-2-17(10-9-15(18)19)16(20)14-11-12-7-5-3-4-6-8-13(12)21-14/h11H,2-10H2,1H3,(H,18,19). The second kappa shape index (κ2) is 7.59. The highest BCUT2D eigenvalue weighted by Gasteiger charge is 2.20. The van der Waals surface area contributed by atoms with Crippen LogP contribution in [0.5, 0.6) is 0 Å². The number of hydrogen-bond donors (Lipinski definition) is 1. The second-order valence-corrected chi connectivity index (χ2v) is 6.64. The van der Waals surface area contributed by atoms with Crippen molar-refractivity contribution in [3.05, 3.63) is 21.4 Å². The van der Waals surface area contributed by atoms with Crippen molar-refractivity contribution < 1.29 is 14.7 Å². The molecule has 1 N–H and O–H groups in total. The van der Waals surface area contributed by atoms with E-state index in [-0.39, 0.29) is 18.9 Å². The fourth-order valence-corrected chi connectivity index (χ4v) is 3.96. The summed E-state index contributed by atoms with van der Waals surface area (Å²) in [5.74, 6) is -0.879. The van der Waals surface area contributed by atoms with Crippen molar-refractivity contribution in [1.82, 2.24) is 4.90 Å². The van der Waals surface area contributed by atoms with Gasteiger partial charge in [0.15, 0.2) is 0 Å². The topological polar surface area (TPSA) is 57.6 Å². The van der Waals surface area contributed by atoms with Crippen LogP contribution >= 0.6 is 11.3 Å². The van der Waals surface area contributed by atoms with Gasteiger partial charge in [-0.2, -0.15) is 0 Å². The number of carbonyl (C=O) groups is 2. The van der Waals surface area contributed by atoms with E-state index in [1.165, 1.54) is 36.1 Å². The molecule has 1 amide bonds. The summed E-state index contributed by atoms with van der Waals surface area (Å²) in [6.45, 7) is 2.73. The average molecular weight is 309 g/mol. The minimum absolute atomic E-state index is 0.00463. The van der Waals surface area contributed by atoms with Crippen LogP contribution in [-0.4, -0.2) is 35.0 Å². The van der Waals surface area contributed by atoms with Gasteiger partial charge in [-0.3, -0.25) is 9.59 Å². The molecular formula is C16H23NO3S. The van der Waals surface area contributed by atoms with E-state index >= 15 is 0 Å². The molecule has 0 saturated heterocycles. The van der Waals surface area contributed by atoms with Crippen LogP contribution in [0.4, 0.5) is 0 Å². The van der Waals surface area contributed by atoms with E-state index < -0.39 is 5.97 Å². The minimum Gasteiger partial charge on any atom is -0.481 e. The van der Waals surface area contributed by atoms with Crippen LogP contribution in [0.15, 0.2) is 6.07 Å². The Balaban J connectivity index is 2.10. The number of thiophene rings is 1. The summed E-state index contributed by atoms with van der Waals surface area (Å²) in [5.41, 5.74) is 1.33. The van der Waals surface area contributed by atoms with Crippen LogP contribution in [0.3, 0.4) is 0 Å². The van der Waals surface area contributed by atoms with Gasteiger partial charge in [-0.25, -0.2) is 0 Å². The third kappa shape index (κ3) is 4.30. The predicted molar refractivity (Wildman–Crippen MR) is 84.0 cm³/mol. The quantitative estimate of drug-likeness (QED) is 0.907. The van der Waals surface area contributed by atoms with Crippen LogP contribution in [0.1, 0.15) is 59.1 Å². The van der Waals surface area contributed by atoms with E-state index in [4.69, 9.17) is 5.11 Å². The van der Waals surface area contributed by atoms with E-state index in [0.29, 0.717) is 6.54 Å². The van der Waals surface area contributed by atoms with E-state index in [0.717, 1.165) is 17.7 Å². The lowest BCUT2D eigenvalue weighted by molar-refractivity contribution is -0.137. The summed E-state index contributed by atoms with van der Waals surface area (Å²) >= 11 is 1.61. The van der Waals surface area contributed by atoms with Gasteiger partial charge in [0.2, 0.25) is 0 Å². The molecule has 1 aromatic rings. The Morgan fingerprint density at radius 2 is 1.95 bits per heavy atom. The van der Waals surface area contributed by atoms with Crippen molar-refractivity contribution in [1.29, 1.82) is 0 Å². The molecule has 0 unspecified atom stereocenters. The van der Waals surface area contributed by atoms with Crippen LogP contribution < -0.4 is 0 Å². The van der Waals surface area contributed by atoms with E-state index in [1.807, 2.05) is 13.0 Å². The molecule has 0 saturated carbocycles. The number of carboxylic acids is 1. The average Bonchev–Trinajstić information content (AvgIpc) is 2.81. The third-order valence-corrected chi connectivity index (χ3v) is 5.20. The van der Waals surface area contributed by atoms with Crippen molar-refractivity contribution in [3.8, 4) is 0 Å². The maximum atomic E-state index is 12.5. The molecule has 0 fully saturated rings. The summed E-state index contributed by atoms with van der Waals surface area (Å²) in [4.78, 5) is 27.0.